The van der Waals surface area contributed by atoms with Gasteiger partial charge in [0.05, 0.1) is 4.90 Å². The molecule has 0 aliphatic carbocycles. The van der Waals surface area contributed by atoms with E-state index < -0.39 is 21.7 Å². The number of fused-ring (bicyclic) bond motifs is 1. The van der Waals surface area contributed by atoms with Crippen molar-refractivity contribution >= 4 is 21.2 Å². The van der Waals surface area contributed by atoms with E-state index in [1.165, 1.54) is 4.31 Å². The number of aromatic nitrogens is 3. The Hall–Kier alpha value is -2.39. The van der Waals surface area contributed by atoms with Crippen LogP contribution in [0.15, 0.2) is 41.4 Å². The number of hydrogen-bond donors (Lipinski definition) is 0. The first-order valence-electron chi connectivity index (χ1n) is 8.10. The van der Waals surface area contributed by atoms with E-state index in [1.807, 2.05) is 17.7 Å². The Balaban J connectivity index is 1.63. The third-order valence-electron chi connectivity index (χ3n) is 4.71. The van der Waals surface area contributed by atoms with Gasteiger partial charge in [0.1, 0.15) is 11.3 Å². The van der Waals surface area contributed by atoms with Crippen LogP contribution in [0.25, 0.3) is 11.2 Å². The molecule has 0 N–H and O–H groups in total. The van der Waals surface area contributed by atoms with Crippen molar-refractivity contribution in [2.24, 2.45) is 7.05 Å². The summed E-state index contributed by atoms with van der Waals surface area (Å²) in [5, 5.41) is 0. The molecule has 1 saturated heterocycles. The minimum absolute atomic E-state index is 0.0886. The van der Waals surface area contributed by atoms with Gasteiger partial charge >= 0.3 is 0 Å². The number of halogens is 2. The van der Waals surface area contributed by atoms with Crippen molar-refractivity contribution in [3.63, 3.8) is 0 Å². The molecule has 6 nitrogen and oxygen atoms in total. The van der Waals surface area contributed by atoms with Crippen molar-refractivity contribution in [3.05, 3.63) is 54.0 Å². The summed E-state index contributed by atoms with van der Waals surface area (Å²) in [6.45, 7) is 0.529. The quantitative estimate of drug-likeness (QED) is 0.702. The Morgan fingerprint density at radius 1 is 1.19 bits per heavy atom. The molecule has 1 aromatic carbocycles. The number of imidazole rings is 1. The Labute approximate surface area is 149 Å². The van der Waals surface area contributed by atoms with Gasteiger partial charge in [0.2, 0.25) is 10.0 Å². The molecule has 0 saturated carbocycles. The molecule has 0 radical (unpaired) electrons. The molecule has 26 heavy (non-hydrogen) atoms. The van der Waals surface area contributed by atoms with Gasteiger partial charge in [-0.25, -0.2) is 27.2 Å². The maximum atomic E-state index is 13.4. The summed E-state index contributed by atoms with van der Waals surface area (Å²) in [5.41, 5.74) is 1.50. The summed E-state index contributed by atoms with van der Waals surface area (Å²) in [6.07, 6.45) is 2.28. The first-order chi connectivity index (χ1) is 12.4. The molecular formula is C17H16F2N4O2S. The highest BCUT2D eigenvalue weighted by Gasteiger charge is 2.35. The monoisotopic (exact) mass is 378 g/mol. The minimum Gasteiger partial charge on any atom is -0.316 e. The summed E-state index contributed by atoms with van der Waals surface area (Å²) < 4.78 is 55.1. The molecule has 4 rings (SSSR count). The van der Waals surface area contributed by atoms with Crippen LogP contribution in [0.5, 0.6) is 0 Å². The largest absolute Gasteiger partial charge is 0.316 e. The van der Waals surface area contributed by atoms with Crippen molar-refractivity contribution in [2.75, 3.05) is 13.1 Å². The van der Waals surface area contributed by atoms with E-state index in [0.717, 1.165) is 35.2 Å². The van der Waals surface area contributed by atoms with Crippen LogP contribution in [0, 0.1) is 11.6 Å². The van der Waals surface area contributed by atoms with Crippen molar-refractivity contribution in [1.29, 1.82) is 0 Å². The molecule has 3 aromatic rings. The van der Waals surface area contributed by atoms with Crippen LogP contribution >= 0.6 is 0 Å². The van der Waals surface area contributed by atoms with E-state index in [1.54, 1.807) is 12.3 Å². The summed E-state index contributed by atoms with van der Waals surface area (Å²) in [6, 6.07) is 6.29. The number of benzene rings is 1. The predicted molar refractivity (Wildman–Crippen MR) is 91.0 cm³/mol. The molecule has 0 unspecified atom stereocenters. The first kappa shape index (κ1) is 17.0. The predicted octanol–water partition coefficient (Wildman–Crippen LogP) is 2.42. The van der Waals surface area contributed by atoms with E-state index >= 15 is 0 Å². The van der Waals surface area contributed by atoms with Gasteiger partial charge in [-0.1, -0.05) is 0 Å². The van der Waals surface area contributed by atoms with Gasteiger partial charge in [-0.2, -0.15) is 4.31 Å². The van der Waals surface area contributed by atoms with Crippen LogP contribution < -0.4 is 0 Å². The van der Waals surface area contributed by atoms with E-state index in [0.29, 0.717) is 13.0 Å². The molecule has 136 valence electrons. The number of pyridine rings is 1. The first-order valence-corrected chi connectivity index (χ1v) is 9.54. The van der Waals surface area contributed by atoms with E-state index in [4.69, 9.17) is 0 Å². The average Bonchev–Trinajstić information content (AvgIpc) is 3.23. The van der Waals surface area contributed by atoms with Gasteiger partial charge in [-0.05, 0) is 36.8 Å². The number of rotatable bonds is 3. The van der Waals surface area contributed by atoms with Gasteiger partial charge in [-0.15, -0.1) is 0 Å². The Morgan fingerprint density at radius 3 is 2.73 bits per heavy atom. The molecule has 1 fully saturated rings. The number of nitrogens with zero attached hydrogens (tertiary/aromatic N) is 4. The lowest BCUT2D eigenvalue weighted by Gasteiger charge is -2.16. The Morgan fingerprint density at radius 2 is 2.00 bits per heavy atom. The highest BCUT2D eigenvalue weighted by Crippen LogP contribution is 2.32. The van der Waals surface area contributed by atoms with Gasteiger partial charge in [0, 0.05) is 32.3 Å². The summed E-state index contributed by atoms with van der Waals surface area (Å²) in [4.78, 5) is 8.63. The van der Waals surface area contributed by atoms with Gasteiger partial charge < -0.3 is 4.57 Å². The molecule has 2 aromatic heterocycles. The molecule has 0 amide bonds. The molecule has 1 aliphatic heterocycles. The van der Waals surface area contributed by atoms with E-state index in [2.05, 4.69) is 9.97 Å². The van der Waals surface area contributed by atoms with Crippen LogP contribution in [-0.2, 0) is 17.1 Å². The second-order valence-electron chi connectivity index (χ2n) is 6.30. The van der Waals surface area contributed by atoms with Gasteiger partial charge in [0.15, 0.2) is 17.3 Å². The van der Waals surface area contributed by atoms with E-state index in [-0.39, 0.29) is 17.4 Å². The normalized spacial score (nSPS) is 18.7. The lowest BCUT2D eigenvalue weighted by molar-refractivity contribution is 0.466. The maximum Gasteiger partial charge on any atom is 0.243 e. The van der Waals surface area contributed by atoms with Crippen LogP contribution in [-0.4, -0.2) is 40.3 Å². The molecule has 1 atom stereocenters. The summed E-state index contributed by atoms with van der Waals surface area (Å²) in [5.74, 6) is -1.57. The molecule has 3 heterocycles. The average molecular weight is 378 g/mol. The van der Waals surface area contributed by atoms with E-state index in [9.17, 15) is 17.2 Å². The Bertz CT molecular complexity index is 1100. The molecule has 9 heteroatoms. The smallest absolute Gasteiger partial charge is 0.243 e. The van der Waals surface area contributed by atoms with Crippen molar-refractivity contribution in [2.45, 2.75) is 17.2 Å². The van der Waals surface area contributed by atoms with Crippen LogP contribution in [0.4, 0.5) is 8.78 Å². The lowest BCUT2D eigenvalue weighted by Crippen LogP contribution is -2.29. The van der Waals surface area contributed by atoms with Crippen LogP contribution in [0.1, 0.15) is 18.2 Å². The Kier molecular flexibility index (Phi) is 4.00. The second kappa shape index (κ2) is 6.10. The lowest BCUT2D eigenvalue weighted by atomic mass is 10.1. The fraction of sp³-hybridized carbons (Fsp3) is 0.294. The van der Waals surface area contributed by atoms with Gasteiger partial charge in [-0.3, -0.25) is 0 Å². The maximum absolute atomic E-state index is 13.4. The third-order valence-corrected chi connectivity index (χ3v) is 6.57. The van der Waals surface area contributed by atoms with Crippen LogP contribution in [0.3, 0.4) is 0 Å². The molecule has 0 bridgehead atoms. The minimum atomic E-state index is -3.89. The standard InChI is InChI=1S/C17H16F2N4O2S/c1-22-16(21-15-3-2-7-20-17(15)22)11-6-8-23(10-11)26(24,25)12-4-5-13(18)14(19)9-12/h2-5,7,9,11H,6,8,10H2,1H3/t11-/m0/s1. The second-order valence-corrected chi connectivity index (χ2v) is 8.24. The fourth-order valence-electron chi connectivity index (χ4n) is 3.35. The zero-order valence-electron chi connectivity index (χ0n) is 13.9. The molecule has 1 aliphatic rings. The number of aryl methyl sites for hydroxylation is 1. The van der Waals surface area contributed by atoms with Crippen molar-refractivity contribution in [1.82, 2.24) is 18.8 Å². The number of hydrogen-bond acceptors (Lipinski definition) is 4. The third kappa shape index (κ3) is 2.67. The number of sulfonamides is 1. The topological polar surface area (TPSA) is 68.1 Å². The van der Waals surface area contributed by atoms with Crippen molar-refractivity contribution in [3.8, 4) is 0 Å². The van der Waals surface area contributed by atoms with Gasteiger partial charge in [0.25, 0.3) is 0 Å². The van der Waals surface area contributed by atoms with Crippen molar-refractivity contribution < 1.29 is 17.2 Å². The zero-order chi connectivity index (χ0) is 18.5. The fourth-order valence-corrected chi connectivity index (χ4v) is 4.86. The highest BCUT2D eigenvalue weighted by atomic mass is 32.2. The summed E-state index contributed by atoms with van der Waals surface area (Å²) in [7, 11) is -2.04. The molecule has 0 spiro atoms. The van der Waals surface area contributed by atoms with Crippen LogP contribution in [0.2, 0.25) is 0 Å². The summed E-state index contributed by atoms with van der Waals surface area (Å²) >= 11 is 0. The highest BCUT2D eigenvalue weighted by molar-refractivity contribution is 7.89. The molecular weight excluding hydrogens is 362 g/mol. The SMILES string of the molecule is Cn1c([C@H]2CCN(S(=O)(=O)c3ccc(F)c(F)c3)C2)nc2cccnc21. The zero-order valence-corrected chi connectivity index (χ0v) is 14.7.